The van der Waals surface area contributed by atoms with E-state index in [0.29, 0.717) is 17.5 Å². The molecule has 2 aromatic heterocycles. The maximum Gasteiger partial charge on any atom is 0.253 e. The van der Waals surface area contributed by atoms with E-state index < -0.39 is 0 Å². The Morgan fingerprint density at radius 3 is 2.96 bits per heavy atom. The highest BCUT2D eigenvalue weighted by atomic mass is 19.1. The van der Waals surface area contributed by atoms with Gasteiger partial charge in [-0.3, -0.25) is 4.90 Å². The smallest absolute Gasteiger partial charge is 0.253 e. The lowest BCUT2D eigenvalue weighted by Crippen LogP contribution is -2.20. The molecule has 0 saturated carbocycles. The summed E-state index contributed by atoms with van der Waals surface area (Å²) in [7, 11) is 0. The Morgan fingerprint density at radius 1 is 1.28 bits per heavy atom. The highest BCUT2D eigenvalue weighted by Gasteiger charge is 2.28. The fourth-order valence-electron chi connectivity index (χ4n) is 2.94. The van der Waals surface area contributed by atoms with E-state index in [1.54, 1.807) is 18.3 Å². The van der Waals surface area contributed by atoms with Crippen molar-refractivity contribution < 1.29 is 13.5 Å². The molecule has 1 aliphatic heterocycles. The van der Waals surface area contributed by atoms with E-state index in [9.17, 15) is 4.39 Å². The quantitative estimate of drug-likeness (QED) is 0.741. The van der Waals surface area contributed by atoms with Crippen molar-refractivity contribution in [1.82, 2.24) is 25.1 Å². The Balaban J connectivity index is 1.31. The molecule has 1 atom stereocenters. The van der Waals surface area contributed by atoms with Crippen molar-refractivity contribution in [2.75, 3.05) is 13.1 Å². The summed E-state index contributed by atoms with van der Waals surface area (Å²) in [4.78, 5) is 9.67. The van der Waals surface area contributed by atoms with Gasteiger partial charge in [-0.15, -0.1) is 10.2 Å². The van der Waals surface area contributed by atoms with Crippen molar-refractivity contribution in [2.45, 2.75) is 25.5 Å². The second-order valence-corrected chi connectivity index (χ2v) is 6.03. The van der Waals surface area contributed by atoms with Crippen LogP contribution in [0.2, 0.25) is 0 Å². The van der Waals surface area contributed by atoms with Gasteiger partial charge in [-0.05, 0) is 37.2 Å². The standard InChI is InChI=1S/C17H18FN5O2/c18-13-1-3-14(4-2-13)24-11-16-21-22-17(25-16)12-5-8-23(9-12)10-15-19-6-7-20-15/h1-4,6-7,12H,5,8-11H2,(H,19,20). The van der Waals surface area contributed by atoms with Gasteiger partial charge < -0.3 is 14.1 Å². The monoisotopic (exact) mass is 343 g/mol. The third-order valence-electron chi connectivity index (χ3n) is 4.21. The predicted octanol–water partition coefficient (Wildman–Crippen LogP) is 2.50. The van der Waals surface area contributed by atoms with E-state index in [-0.39, 0.29) is 18.3 Å². The van der Waals surface area contributed by atoms with Gasteiger partial charge in [-0.1, -0.05) is 0 Å². The first kappa shape index (κ1) is 15.8. The van der Waals surface area contributed by atoms with E-state index in [4.69, 9.17) is 9.15 Å². The summed E-state index contributed by atoms with van der Waals surface area (Å²) < 4.78 is 24.1. The lowest BCUT2D eigenvalue weighted by molar-refractivity contribution is 0.254. The second kappa shape index (κ2) is 7.02. The Hall–Kier alpha value is -2.74. The fourth-order valence-corrected chi connectivity index (χ4v) is 2.94. The van der Waals surface area contributed by atoms with Crippen LogP contribution in [0.25, 0.3) is 0 Å². The van der Waals surface area contributed by atoms with E-state index in [1.807, 2.05) is 6.20 Å². The van der Waals surface area contributed by atoms with Crippen LogP contribution in [0.1, 0.15) is 29.9 Å². The molecule has 0 amide bonds. The number of halogens is 1. The molecule has 25 heavy (non-hydrogen) atoms. The number of H-pyrrole nitrogens is 1. The molecule has 4 rings (SSSR count). The van der Waals surface area contributed by atoms with Gasteiger partial charge in [0.05, 0.1) is 12.5 Å². The van der Waals surface area contributed by atoms with Gasteiger partial charge in [-0.2, -0.15) is 0 Å². The normalized spacial score (nSPS) is 17.9. The largest absolute Gasteiger partial charge is 0.484 e. The van der Waals surface area contributed by atoms with Crippen LogP contribution in [-0.2, 0) is 13.2 Å². The van der Waals surface area contributed by atoms with Gasteiger partial charge in [0.25, 0.3) is 5.89 Å². The molecule has 3 aromatic rings. The summed E-state index contributed by atoms with van der Waals surface area (Å²) in [5.41, 5.74) is 0. The Labute approximate surface area is 143 Å². The summed E-state index contributed by atoms with van der Waals surface area (Å²) in [5, 5.41) is 8.19. The third kappa shape index (κ3) is 3.85. The number of rotatable bonds is 6. The topological polar surface area (TPSA) is 80.1 Å². The second-order valence-electron chi connectivity index (χ2n) is 6.03. The Kier molecular flexibility index (Phi) is 4.43. The van der Waals surface area contributed by atoms with Crippen molar-refractivity contribution in [3.05, 3.63) is 60.1 Å². The van der Waals surface area contributed by atoms with E-state index in [1.165, 1.54) is 12.1 Å². The molecule has 1 fully saturated rings. The molecule has 8 heteroatoms. The predicted molar refractivity (Wildman–Crippen MR) is 86.3 cm³/mol. The first-order chi connectivity index (χ1) is 12.3. The molecular weight excluding hydrogens is 325 g/mol. The summed E-state index contributed by atoms with van der Waals surface area (Å²) in [5.74, 6) is 2.50. The first-order valence-corrected chi connectivity index (χ1v) is 8.17. The van der Waals surface area contributed by atoms with Crippen LogP contribution in [0.15, 0.2) is 41.1 Å². The van der Waals surface area contributed by atoms with Crippen LogP contribution in [0.4, 0.5) is 4.39 Å². The minimum atomic E-state index is -0.298. The first-order valence-electron chi connectivity index (χ1n) is 8.17. The average Bonchev–Trinajstić information content (AvgIpc) is 3.36. The molecule has 1 N–H and O–H groups in total. The van der Waals surface area contributed by atoms with Crippen LogP contribution >= 0.6 is 0 Å². The minimum absolute atomic E-state index is 0.168. The summed E-state index contributed by atoms with van der Waals surface area (Å²) in [6.45, 7) is 2.79. The van der Waals surface area contributed by atoms with Crippen molar-refractivity contribution in [1.29, 1.82) is 0 Å². The van der Waals surface area contributed by atoms with E-state index >= 15 is 0 Å². The van der Waals surface area contributed by atoms with Gasteiger partial charge in [0.15, 0.2) is 6.61 Å². The number of ether oxygens (including phenoxy) is 1. The molecule has 0 bridgehead atoms. The van der Waals surface area contributed by atoms with Crippen LogP contribution in [0.3, 0.4) is 0 Å². The highest BCUT2D eigenvalue weighted by Crippen LogP contribution is 2.27. The average molecular weight is 343 g/mol. The zero-order chi connectivity index (χ0) is 17.1. The molecule has 1 aromatic carbocycles. The molecular formula is C17H18FN5O2. The van der Waals surface area contributed by atoms with Gasteiger partial charge in [-0.25, -0.2) is 9.37 Å². The number of aromatic nitrogens is 4. The number of imidazole rings is 1. The fraction of sp³-hybridized carbons (Fsp3) is 0.353. The summed E-state index contributed by atoms with van der Waals surface area (Å²) in [6, 6.07) is 5.83. The minimum Gasteiger partial charge on any atom is -0.484 e. The zero-order valence-corrected chi connectivity index (χ0v) is 13.6. The highest BCUT2D eigenvalue weighted by molar-refractivity contribution is 5.22. The maximum atomic E-state index is 12.9. The third-order valence-corrected chi connectivity index (χ3v) is 4.21. The van der Waals surface area contributed by atoms with Crippen LogP contribution < -0.4 is 4.74 Å². The number of aromatic amines is 1. The van der Waals surface area contributed by atoms with Crippen molar-refractivity contribution in [2.24, 2.45) is 0 Å². The number of nitrogens with zero attached hydrogens (tertiary/aromatic N) is 4. The number of hydrogen-bond donors (Lipinski definition) is 1. The van der Waals surface area contributed by atoms with Gasteiger partial charge >= 0.3 is 0 Å². The molecule has 0 aliphatic carbocycles. The van der Waals surface area contributed by atoms with E-state index in [2.05, 4.69) is 25.1 Å². The zero-order valence-electron chi connectivity index (χ0n) is 13.6. The number of benzene rings is 1. The van der Waals surface area contributed by atoms with Crippen molar-refractivity contribution >= 4 is 0 Å². The molecule has 0 radical (unpaired) electrons. The summed E-state index contributed by atoms with van der Waals surface area (Å²) in [6.07, 6.45) is 4.56. The SMILES string of the molecule is Fc1ccc(OCc2nnc(C3CCN(Cc4ncc[nH]4)C3)o2)cc1. The molecule has 7 nitrogen and oxygen atoms in total. The van der Waals surface area contributed by atoms with Crippen molar-refractivity contribution in [3.8, 4) is 5.75 Å². The van der Waals surface area contributed by atoms with Gasteiger partial charge in [0.2, 0.25) is 5.89 Å². The number of hydrogen-bond acceptors (Lipinski definition) is 6. The molecule has 1 aliphatic rings. The Bertz CT molecular complexity index is 803. The molecule has 130 valence electrons. The molecule has 0 spiro atoms. The van der Waals surface area contributed by atoms with Crippen LogP contribution in [0.5, 0.6) is 5.75 Å². The Morgan fingerprint density at radius 2 is 2.16 bits per heavy atom. The van der Waals surface area contributed by atoms with Crippen LogP contribution in [0, 0.1) is 5.82 Å². The summed E-state index contributed by atoms with van der Waals surface area (Å²) >= 11 is 0. The number of likely N-dealkylation sites (tertiary alicyclic amines) is 1. The van der Waals surface area contributed by atoms with Crippen LogP contribution in [-0.4, -0.2) is 38.2 Å². The number of nitrogens with one attached hydrogen (secondary N) is 1. The van der Waals surface area contributed by atoms with Gasteiger partial charge in [0.1, 0.15) is 17.4 Å². The lowest BCUT2D eigenvalue weighted by Gasteiger charge is -2.12. The van der Waals surface area contributed by atoms with E-state index in [0.717, 1.165) is 31.9 Å². The molecule has 1 saturated heterocycles. The van der Waals surface area contributed by atoms with Gasteiger partial charge in [0, 0.05) is 18.9 Å². The molecule has 1 unspecified atom stereocenters. The molecule has 3 heterocycles. The maximum absolute atomic E-state index is 12.9. The lowest BCUT2D eigenvalue weighted by atomic mass is 10.1. The van der Waals surface area contributed by atoms with Crippen molar-refractivity contribution in [3.63, 3.8) is 0 Å².